The Labute approximate surface area is 229 Å². The van der Waals surface area contributed by atoms with Crippen LogP contribution < -0.4 is 0 Å². The second-order valence-electron chi connectivity index (χ2n) is 5.18. The Bertz CT molecular complexity index is 371. The van der Waals surface area contributed by atoms with Crippen LogP contribution in [0.15, 0.2) is 60.7 Å². The second kappa shape index (κ2) is 37.6. The third kappa shape index (κ3) is 31.7. The first-order valence-electron chi connectivity index (χ1n) is 8.36. The van der Waals surface area contributed by atoms with E-state index in [-0.39, 0.29) is 101 Å². The maximum absolute atomic E-state index is 2.20. The zero-order chi connectivity index (χ0) is 15.8. The van der Waals surface area contributed by atoms with Gasteiger partial charge in [0, 0.05) is 71.2 Å². The molecule has 2 aromatic rings. The molecule has 0 heterocycles. The van der Waals surface area contributed by atoms with Gasteiger partial charge in [0.05, 0.1) is 0 Å². The van der Waals surface area contributed by atoms with Gasteiger partial charge in [-0.15, -0.1) is 0 Å². The van der Waals surface area contributed by atoms with Crippen molar-refractivity contribution in [2.45, 2.75) is 59.8 Å². The molecular weight excluding hydrogens is 578 g/mol. The van der Waals surface area contributed by atoms with Crippen LogP contribution in [0.1, 0.15) is 58.1 Å². The van der Waals surface area contributed by atoms with E-state index in [4.69, 9.17) is 0 Å². The zero-order valence-corrected chi connectivity index (χ0v) is 26.7. The smallest absolute Gasteiger partial charge is 0 e. The fourth-order valence-corrected chi connectivity index (χ4v) is 1.87. The Morgan fingerprint density at radius 1 is 0.481 bits per heavy atom. The Kier molecular flexibility index (Phi) is 64.2. The monoisotopic (exact) mass is 622 g/mol. The first kappa shape index (κ1) is 46.2. The molecule has 2 radical (unpaired) electrons. The van der Waals surface area contributed by atoms with Gasteiger partial charge in [-0.1, -0.05) is 108 Å². The van der Waals surface area contributed by atoms with Crippen molar-refractivity contribution in [2.75, 3.05) is 0 Å². The average Bonchev–Trinajstić information content (AvgIpc) is 2.52. The Morgan fingerprint density at radius 2 is 0.704 bits per heavy atom. The predicted molar refractivity (Wildman–Crippen MR) is 122 cm³/mol. The van der Waals surface area contributed by atoms with Crippen molar-refractivity contribution in [1.82, 2.24) is 0 Å². The van der Waals surface area contributed by atoms with Crippen LogP contribution in [-0.4, -0.2) is 0 Å². The SMILES string of the molecule is CCC.CCCc1ccccc1.CCCc1ccccc1.[CH3-].[CH3-].[CH3-].[CH3-].[La].[La]. The van der Waals surface area contributed by atoms with Gasteiger partial charge in [-0.3, -0.25) is 0 Å². The fourth-order valence-electron chi connectivity index (χ4n) is 1.87. The standard InChI is InChI=1S/2C9H12.C3H8.4CH3.2La/c2*1-2-6-9-7-4-3-5-8-9;1-3-2;;;;;;/h2*3-5,7-8H,2,6H2,1H3;3H2,1-2H3;4*1H3;;/q;;;4*-1;;. The Balaban J connectivity index is -0.0000000433. The molecule has 0 N–H and O–H groups in total. The minimum Gasteiger partial charge on any atom is -0.358 e. The van der Waals surface area contributed by atoms with Crippen molar-refractivity contribution in [3.8, 4) is 0 Å². The van der Waals surface area contributed by atoms with Gasteiger partial charge >= 0.3 is 0 Å². The quantitative estimate of drug-likeness (QED) is 0.300. The van der Waals surface area contributed by atoms with Crippen molar-refractivity contribution in [3.05, 3.63) is 101 Å². The van der Waals surface area contributed by atoms with Gasteiger partial charge in [0.25, 0.3) is 0 Å². The number of hydrogen-bond acceptors (Lipinski definition) is 0. The van der Waals surface area contributed by atoms with E-state index in [2.05, 4.69) is 88.4 Å². The van der Waals surface area contributed by atoms with Crippen LogP contribution in [-0.2, 0) is 12.8 Å². The molecule has 0 aromatic heterocycles. The van der Waals surface area contributed by atoms with E-state index in [1.165, 1.54) is 43.2 Å². The predicted octanol–water partition coefficient (Wildman–Crippen LogP) is 8.50. The van der Waals surface area contributed by atoms with Crippen LogP contribution in [0.5, 0.6) is 0 Å². The van der Waals surface area contributed by atoms with E-state index in [0.29, 0.717) is 0 Å². The van der Waals surface area contributed by atoms with E-state index < -0.39 is 0 Å². The van der Waals surface area contributed by atoms with Crippen molar-refractivity contribution < 1.29 is 71.2 Å². The Morgan fingerprint density at radius 3 is 0.889 bits per heavy atom. The molecule has 2 rings (SSSR count). The second-order valence-corrected chi connectivity index (χ2v) is 5.18. The van der Waals surface area contributed by atoms with Gasteiger partial charge in [-0.05, 0) is 24.0 Å². The minimum absolute atomic E-state index is 0. The minimum atomic E-state index is 0. The van der Waals surface area contributed by atoms with Crippen LogP contribution in [0, 0.1) is 101 Å². The summed E-state index contributed by atoms with van der Waals surface area (Å²) >= 11 is 0. The molecule has 0 spiro atoms. The van der Waals surface area contributed by atoms with Crippen molar-refractivity contribution in [3.63, 3.8) is 0 Å². The summed E-state index contributed by atoms with van der Waals surface area (Å²) in [5.74, 6) is 0. The molecule has 2 heteroatoms. The number of benzene rings is 2. The summed E-state index contributed by atoms with van der Waals surface area (Å²) in [5.41, 5.74) is 2.89. The van der Waals surface area contributed by atoms with Gasteiger partial charge in [0.1, 0.15) is 0 Å². The Hall–Kier alpha value is 0.830. The molecule has 0 bridgehead atoms. The third-order valence-corrected chi connectivity index (χ3v) is 2.76. The van der Waals surface area contributed by atoms with Gasteiger partial charge in [-0.2, -0.15) is 0 Å². The summed E-state index contributed by atoms with van der Waals surface area (Å²) in [6, 6.07) is 21.1. The number of aryl methyl sites for hydroxylation is 2. The summed E-state index contributed by atoms with van der Waals surface area (Å²) in [4.78, 5) is 0. The summed E-state index contributed by atoms with van der Waals surface area (Å²) < 4.78 is 0. The van der Waals surface area contributed by atoms with Gasteiger partial charge < -0.3 is 29.7 Å². The van der Waals surface area contributed by atoms with E-state index in [1.807, 2.05) is 0 Å². The van der Waals surface area contributed by atoms with Crippen molar-refractivity contribution >= 4 is 0 Å². The largest absolute Gasteiger partial charge is 0.358 e. The normalized spacial score (nSPS) is 6.96. The average molecular weight is 622 g/mol. The molecule has 0 aliphatic heterocycles. The molecule has 0 aliphatic rings. The topological polar surface area (TPSA) is 0 Å². The van der Waals surface area contributed by atoms with E-state index in [0.717, 1.165) is 0 Å². The molecular formula is C25H44La2-4. The molecule has 27 heavy (non-hydrogen) atoms. The molecule has 2 aromatic carbocycles. The molecule has 0 unspecified atom stereocenters. The van der Waals surface area contributed by atoms with E-state index in [9.17, 15) is 0 Å². The number of rotatable bonds is 4. The van der Waals surface area contributed by atoms with Crippen molar-refractivity contribution in [2.24, 2.45) is 0 Å². The maximum Gasteiger partial charge on any atom is 0 e. The van der Waals surface area contributed by atoms with Crippen molar-refractivity contribution in [1.29, 1.82) is 0 Å². The van der Waals surface area contributed by atoms with Gasteiger partial charge in [0.2, 0.25) is 0 Å². The van der Waals surface area contributed by atoms with E-state index in [1.54, 1.807) is 0 Å². The molecule has 0 amide bonds. The fraction of sp³-hybridized carbons (Fsp3) is 0.360. The molecule has 0 atom stereocenters. The summed E-state index contributed by atoms with van der Waals surface area (Å²) in [6.45, 7) is 8.65. The first-order valence-corrected chi connectivity index (χ1v) is 8.36. The maximum atomic E-state index is 2.20. The summed E-state index contributed by atoms with van der Waals surface area (Å²) in [6.07, 6.45) is 6.15. The summed E-state index contributed by atoms with van der Waals surface area (Å²) in [5, 5.41) is 0. The molecule has 0 saturated heterocycles. The van der Waals surface area contributed by atoms with Crippen LogP contribution >= 0.6 is 0 Å². The zero-order valence-electron chi connectivity index (χ0n) is 19.5. The van der Waals surface area contributed by atoms with Crippen LogP contribution in [0.3, 0.4) is 0 Å². The third-order valence-electron chi connectivity index (χ3n) is 2.76. The van der Waals surface area contributed by atoms with Crippen LogP contribution in [0.2, 0.25) is 0 Å². The molecule has 0 aliphatic carbocycles. The van der Waals surface area contributed by atoms with Gasteiger partial charge in [-0.25, -0.2) is 0 Å². The van der Waals surface area contributed by atoms with Crippen LogP contribution in [0.4, 0.5) is 0 Å². The molecule has 0 saturated carbocycles. The van der Waals surface area contributed by atoms with E-state index >= 15 is 0 Å². The first-order chi connectivity index (χ1) is 10.3. The van der Waals surface area contributed by atoms with Gasteiger partial charge in [0.15, 0.2) is 0 Å². The summed E-state index contributed by atoms with van der Waals surface area (Å²) in [7, 11) is 0. The molecule has 0 fully saturated rings. The molecule has 0 nitrogen and oxygen atoms in total. The van der Waals surface area contributed by atoms with Crippen LogP contribution in [0.25, 0.3) is 0 Å². The molecule has 154 valence electrons. The number of hydrogen-bond donors (Lipinski definition) is 0.